The van der Waals surface area contributed by atoms with Crippen molar-refractivity contribution >= 4 is 22.8 Å². The van der Waals surface area contributed by atoms with Crippen molar-refractivity contribution in [2.45, 2.75) is 44.8 Å². The second kappa shape index (κ2) is 7.35. The Morgan fingerprint density at radius 2 is 2.15 bits per heavy atom. The minimum absolute atomic E-state index is 0.624. The number of fused-ring (bicyclic) bond motifs is 1. The monoisotopic (exact) mass is 287 g/mol. The topological polar surface area (TPSA) is 41.6 Å². The normalized spacial score (nSPS) is 11.1. The Bertz CT molecular complexity index is 595. The number of aryl methyl sites for hydroxylation is 1. The summed E-state index contributed by atoms with van der Waals surface area (Å²) in [4.78, 5) is 4.73. The van der Waals surface area contributed by atoms with E-state index in [9.17, 15) is 0 Å². The zero-order valence-corrected chi connectivity index (χ0v) is 13.0. The van der Waals surface area contributed by atoms with Crippen LogP contribution in [0.5, 0.6) is 0 Å². The highest BCUT2D eigenvalue weighted by Gasteiger charge is 2.11. The van der Waals surface area contributed by atoms with Crippen LogP contribution in [0.1, 0.15) is 33.1 Å². The van der Waals surface area contributed by atoms with Crippen LogP contribution in [-0.2, 0) is 6.54 Å². The van der Waals surface area contributed by atoms with Gasteiger partial charge in [0.25, 0.3) is 0 Å². The van der Waals surface area contributed by atoms with Crippen molar-refractivity contribution < 1.29 is 0 Å². The van der Waals surface area contributed by atoms with E-state index >= 15 is 0 Å². The number of hydrogen-bond acceptors (Lipinski definition) is 3. The molecule has 0 atom stereocenters. The molecule has 2 rings (SSSR count). The first-order valence-corrected chi connectivity index (χ1v) is 8.16. The smallest absolute Gasteiger partial charge is 0.169 e. The van der Waals surface area contributed by atoms with Gasteiger partial charge in [0.05, 0.1) is 17.1 Å². The third-order valence-corrected chi connectivity index (χ3v) is 4.28. The van der Waals surface area contributed by atoms with Crippen LogP contribution in [0.3, 0.4) is 0 Å². The maximum Gasteiger partial charge on any atom is 0.169 e. The number of aromatic nitrogens is 2. The Labute approximate surface area is 125 Å². The Balaban J connectivity index is 2.18. The standard InChI is InChI=1S/C16H21N3S/c1-13(2)9-11-19-15-8-4-3-7-14(15)18-16(19)20-12-6-5-10-17/h3-4,7-8,13H,5-6,9,11-12H2,1-2H3. The molecule has 4 heteroatoms. The number of unbranched alkanes of at least 4 members (excludes halogenated alkanes) is 1. The van der Waals surface area contributed by atoms with E-state index in [4.69, 9.17) is 10.2 Å². The highest BCUT2D eigenvalue weighted by Crippen LogP contribution is 2.25. The van der Waals surface area contributed by atoms with E-state index < -0.39 is 0 Å². The van der Waals surface area contributed by atoms with Gasteiger partial charge in [-0.1, -0.05) is 37.7 Å². The molecule has 1 aromatic carbocycles. The Morgan fingerprint density at radius 1 is 1.35 bits per heavy atom. The molecule has 0 spiro atoms. The molecule has 0 radical (unpaired) electrons. The van der Waals surface area contributed by atoms with Crippen molar-refractivity contribution in [3.8, 4) is 6.07 Å². The quantitative estimate of drug-likeness (QED) is 0.557. The molecular formula is C16H21N3S. The lowest BCUT2D eigenvalue weighted by atomic mass is 10.1. The van der Waals surface area contributed by atoms with Gasteiger partial charge in [0.2, 0.25) is 0 Å². The second-order valence-electron chi connectivity index (χ2n) is 5.33. The lowest BCUT2D eigenvalue weighted by molar-refractivity contribution is 0.503. The molecule has 20 heavy (non-hydrogen) atoms. The van der Waals surface area contributed by atoms with Gasteiger partial charge in [-0.15, -0.1) is 0 Å². The maximum atomic E-state index is 8.60. The maximum absolute atomic E-state index is 8.60. The summed E-state index contributed by atoms with van der Waals surface area (Å²) >= 11 is 1.77. The highest BCUT2D eigenvalue weighted by molar-refractivity contribution is 7.99. The molecule has 3 nitrogen and oxygen atoms in total. The Kier molecular flexibility index (Phi) is 5.49. The van der Waals surface area contributed by atoms with Gasteiger partial charge in [0.1, 0.15) is 0 Å². The van der Waals surface area contributed by atoms with E-state index in [0.29, 0.717) is 12.3 Å². The molecule has 0 N–H and O–H groups in total. The van der Waals surface area contributed by atoms with Gasteiger partial charge < -0.3 is 4.57 Å². The fourth-order valence-corrected chi connectivity index (χ4v) is 3.06. The number of imidazole rings is 1. The molecule has 1 aromatic heterocycles. The first-order valence-electron chi connectivity index (χ1n) is 7.17. The molecule has 0 unspecified atom stereocenters. The fraction of sp³-hybridized carbons (Fsp3) is 0.500. The summed E-state index contributed by atoms with van der Waals surface area (Å²) in [6.45, 7) is 5.51. The van der Waals surface area contributed by atoms with Crippen molar-refractivity contribution in [1.29, 1.82) is 5.26 Å². The molecule has 0 aliphatic heterocycles. The summed E-state index contributed by atoms with van der Waals surface area (Å²) in [5.74, 6) is 1.64. The molecular weight excluding hydrogens is 266 g/mol. The SMILES string of the molecule is CC(C)CCn1c(SCCCC#N)nc2ccccc21. The average Bonchev–Trinajstić information content (AvgIpc) is 2.79. The average molecular weight is 287 g/mol. The highest BCUT2D eigenvalue weighted by atomic mass is 32.2. The van der Waals surface area contributed by atoms with Crippen LogP contribution in [0.25, 0.3) is 11.0 Å². The lowest BCUT2D eigenvalue weighted by Gasteiger charge is -2.10. The van der Waals surface area contributed by atoms with Gasteiger partial charge in [0, 0.05) is 18.7 Å². The van der Waals surface area contributed by atoms with Crippen LogP contribution in [0.2, 0.25) is 0 Å². The molecule has 1 heterocycles. The second-order valence-corrected chi connectivity index (χ2v) is 6.39. The van der Waals surface area contributed by atoms with Crippen molar-refractivity contribution in [2.24, 2.45) is 5.92 Å². The third-order valence-electron chi connectivity index (χ3n) is 3.21. The minimum atomic E-state index is 0.624. The molecule has 0 saturated heterocycles. The first-order chi connectivity index (χ1) is 9.72. The molecule has 0 aliphatic carbocycles. The summed E-state index contributed by atoms with van der Waals surface area (Å²) in [5, 5.41) is 9.69. The predicted octanol–water partition coefficient (Wildman–Crippen LogP) is 4.48. The van der Waals surface area contributed by atoms with E-state index in [0.717, 1.165) is 35.8 Å². The van der Waals surface area contributed by atoms with Gasteiger partial charge in [-0.05, 0) is 30.9 Å². The predicted molar refractivity (Wildman–Crippen MR) is 84.8 cm³/mol. The van der Waals surface area contributed by atoms with E-state index in [1.165, 1.54) is 5.52 Å². The van der Waals surface area contributed by atoms with Crippen molar-refractivity contribution in [1.82, 2.24) is 9.55 Å². The van der Waals surface area contributed by atoms with E-state index in [-0.39, 0.29) is 0 Å². The summed E-state index contributed by atoms with van der Waals surface area (Å²) in [7, 11) is 0. The number of rotatable bonds is 7. The van der Waals surface area contributed by atoms with Crippen molar-refractivity contribution in [2.75, 3.05) is 5.75 Å². The fourth-order valence-electron chi connectivity index (χ4n) is 2.08. The van der Waals surface area contributed by atoms with E-state index in [1.807, 2.05) is 6.07 Å². The van der Waals surface area contributed by atoms with Crippen LogP contribution in [0, 0.1) is 17.2 Å². The molecule has 0 saturated carbocycles. The Morgan fingerprint density at radius 3 is 2.90 bits per heavy atom. The van der Waals surface area contributed by atoms with E-state index in [2.05, 4.69) is 42.7 Å². The number of thioether (sulfide) groups is 1. The zero-order valence-electron chi connectivity index (χ0n) is 12.2. The Hall–Kier alpha value is -1.47. The molecule has 0 fully saturated rings. The summed E-state index contributed by atoms with van der Waals surface area (Å²) in [6.07, 6.45) is 2.71. The zero-order chi connectivity index (χ0) is 14.4. The molecule has 2 aromatic rings. The van der Waals surface area contributed by atoms with Gasteiger partial charge in [0.15, 0.2) is 5.16 Å². The van der Waals surface area contributed by atoms with Crippen LogP contribution in [-0.4, -0.2) is 15.3 Å². The number of hydrogen-bond donors (Lipinski definition) is 0. The molecule has 0 aliphatic rings. The lowest BCUT2D eigenvalue weighted by Crippen LogP contribution is -2.03. The summed E-state index contributed by atoms with van der Waals surface area (Å²) in [6, 6.07) is 10.5. The number of para-hydroxylation sites is 2. The van der Waals surface area contributed by atoms with Crippen LogP contribution < -0.4 is 0 Å². The van der Waals surface area contributed by atoms with Gasteiger partial charge >= 0.3 is 0 Å². The van der Waals surface area contributed by atoms with Gasteiger partial charge in [-0.3, -0.25) is 0 Å². The van der Waals surface area contributed by atoms with E-state index in [1.54, 1.807) is 11.8 Å². The number of nitriles is 1. The largest absolute Gasteiger partial charge is 0.319 e. The molecule has 0 bridgehead atoms. The summed E-state index contributed by atoms with van der Waals surface area (Å²) in [5.41, 5.74) is 2.29. The first kappa shape index (κ1) is 14.9. The molecule has 0 amide bonds. The minimum Gasteiger partial charge on any atom is -0.319 e. The van der Waals surface area contributed by atoms with Crippen LogP contribution in [0.4, 0.5) is 0 Å². The van der Waals surface area contributed by atoms with Crippen LogP contribution in [0.15, 0.2) is 29.4 Å². The van der Waals surface area contributed by atoms with Gasteiger partial charge in [-0.25, -0.2) is 4.98 Å². The van der Waals surface area contributed by atoms with Gasteiger partial charge in [-0.2, -0.15) is 5.26 Å². The van der Waals surface area contributed by atoms with Crippen LogP contribution >= 0.6 is 11.8 Å². The third kappa shape index (κ3) is 3.77. The molecule has 106 valence electrons. The van der Waals surface area contributed by atoms with Crippen molar-refractivity contribution in [3.63, 3.8) is 0 Å². The number of benzene rings is 1. The van der Waals surface area contributed by atoms with Crippen molar-refractivity contribution in [3.05, 3.63) is 24.3 Å². The summed E-state index contributed by atoms with van der Waals surface area (Å²) < 4.78 is 2.33. The number of nitrogens with zero attached hydrogens (tertiary/aromatic N) is 3.